The summed E-state index contributed by atoms with van der Waals surface area (Å²) in [6.45, 7) is -0.558. The molecule has 0 spiro atoms. The minimum atomic E-state index is -0.728. The van der Waals surface area contributed by atoms with Crippen molar-refractivity contribution in [2.45, 2.75) is 0 Å². The largest absolute Gasteiger partial charge is 0.497 e. The summed E-state index contributed by atoms with van der Waals surface area (Å²) in [6, 6.07) is 4.42. The number of hydrogen-bond donors (Lipinski definition) is 2. The number of carbonyl (C=O) groups is 3. The summed E-state index contributed by atoms with van der Waals surface area (Å²) in [6.07, 6.45) is 2.64. The summed E-state index contributed by atoms with van der Waals surface area (Å²) < 4.78 is 14.9. The van der Waals surface area contributed by atoms with E-state index in [1.807, 2.05) is 5.32 Å². The van der Waals surface area contributed by atoms with Gasteiger partial charge in [-0.2, -0.15) is 0 Å². The van der Waals surface area contributed by atoms with Gasteiger partial charge in [0.15, 0.2) is 6.61 Å². The maximum atomic E-state index is 11.5. The van der Waals surface area contributed by atoms with Gasteiger partial charge in [0.05, 0.1) is 14.2 Å². The summed E-state index contributed by atoms with van der Waals surface area (Å²) in [7, 11) is 4.39. The Morgan fingerprint density at radius 3 is 2.22 bits per heavy atom. The van der Waals surface area contributed by atoms with Crippen molar-refractivity contribution in [1.82, 2.24) is 10.6 Å². The monoisotopic (exact) mass is 322 g/mol. The lowest BCUT2D eigenvalue weighted by Crippen LogP contribution is -2.39. The Labute approximate surface area is 133 Å². The minimum absolute atomic E-state index is 0.558. The van der Waals surface area contributed by atoms with Crippen LogP contribution in [0, 0.1) is 0 Å². The molecular formula is C15H18N2O6. The molecule has 0 saturated heterocycles. The van der Waals surface area contributed by atoms with Crippen LogP contribution >= 0.6 is 0 Å². The third-order valence-corrected chi connectivity index (χ3v) is 2.61. The second-order valence-corrected chi connectivity index (χ2v) is 4.21. The first kappa shape index (κ1) is 18.0. The van der Waals surface area contributed by atoms with Crippen LogP contribution in [0.1, 0.15) is 5.56 Å². The molecule has 23 heavy (non-hydrogen) atoms. The molecular weight excluding hydrogens is 304 g/mol. The van der Waals surface area contributed by atoms with E-state index in [9.17, 15) is 14.4 Å². The van der Waals surface area contributed by atoms with Gasteiger partial charge in [0, 0.05) is 19.2 Å². The Morgan fingerprint density at radius 2 is 1.70 bits per heavy atom. The van der Waals surface area contributed by atoms with Gasteiger partial charge in [-0.3, -0.25) is 10.1 Å². The van der Waals surface area contributed by atoms with E-state index in [2.05, 4.69) is 5.32 Å². The number of urea groups is 1. The standard InChI is InChI=1S/C15H18N2O6/c1-16-15(20)17-13(18)9-23-14(19)5-4-10-6-11(21-2)8-12(7-10)22-3/h4-8H,9H2,1-3H3,(H2,16,17,18,20)/b5-4+. The minimum Gasteiger partial charge on any atom is -0.497 e. The van der Waals surface area contributed by atoms with E-state index < -0.39 is 24.5 Å². The van der Waals surface area contributed by atoms with Gasteiger partial charge in [0.2, 0.25) is 0 Å². The number of amides is 3. The van der Waals surface area contributed by atoms with Crippen molar-refractivity contribution in [1.29, 1.82) is 0 Å². The quantitative estimate of drug-likeness (QED) is 0.591. The van der Waals surface area contributed by atoms with Crippen LogP contribution in [-0.2, 0) is 14.3 Å². The van der Waals surface area contributed by atoms with Crippen LogP contribution < -0.4 is 20.1 Å². The fraction of sp³-hybridized carbons (Fsp3) is 0.267. The molecule has 0 atom stereocenters. The number of methoxy groups -OCH3 is 2. The number of imide groups is 1. The first-order valence-electron chi connectivity index (χ1n) is 6.58. The number of hydrogen-bond acceptors (Lipinski definition) is 6. The molecule has 1 rings (SSSR count). The number of rotatable bonds is 6. The summed E-state index contributed by atoms with van der Waals surface area (Å²) >= 11 is 0. The lowest BCUT2D eigenvalue weighted by Gasteiger charge is -2.06. The molecule has 8 heteroatoms. The van der Waals surface area contributed by atoms with Crippen molar-refractivity contribution in [3.63, 3.8) is 0 Å². The average molecular weight is 322 g/mol. The van der Waals surface area contributed by atoms with Crippen LogP contribution in [-0.4, -0.2) is 45.8 Å². The van der Waals surface area contributed by atoms with E-state index in [-0.39, 0.29) is 0 Å². The first-order chi connectivity index (χ1) is 11.0. The topological polar surface area (TPSA) is 103 Å². The lowest BCUT2D eigenvalue weighted by atomic mass is 10.2. The van der Waals surface area contributed by atoms with Crippen molar-refractivity contribution in [3.05, 3.63) is 29.8 Å². The van der Waals surface area contributed by atoms with Crippen LogP contribution in [0.2, 0.25) is 0 Å². The summed E-state index contributed by atoms with van der Waals surface area (Å²) in [5.74, 6) is -0.308. The Bertz CT molecular complexity index is 590. The Kier molecular flexibility index (Phi) is 7.12. The van der Waals surface area contributed by atoms with E-state index in [4.69, 9.17) is 14.2 Å². The van der Waals surface area contributed by atoms with Crippen LogP contribution in [0.5, 0.6) is 11.5 Å². The van der Waals surface area contributed by atoms with Crippen LogP contribution in [0.15, 0.2) is 24.3 Å². The number of carbonyl (C=O) groups excluding carboxylic acids is 3. The Morgan fingerprint density at radius 1 is 1.09 bits per heavy atom. The molecule has 8 nitrogen and oxygen atoms in total. The summed E-state index contributed by atoms with van der Waals surface area (Å²) in [5.41, 5.74) is 0.660. The highest BCUT2D eigenvalue weighted by molar-refractivity contribution is 5.96. The zero-order valence-corrected chi connectivity index (χ0v) is 13.0. The van der Waals surface area contributed by atoms with Gasteiger partial charge in [-0.1, -0.05) is 0 Å². The van der Waals surface area contributed by atoms with E-state index in [0.29, 0.717) is 17.1 Å². The van der Waals surface area contributed by atoms with Crippen LogP contribution in [0.3, 0.4) is 0 Å². The Balaban J connectivity index is 2.58. The van der Waals surface area contributed by atoms with Crippen LogP contribution in [0.4, 0.5) is 4.79 Å². The normalized spacial score (nSPS) is 10.0. The highest BCUT2D eigenvalue weighted by Crippen LogP contribution is 2.23. The van der Waals surface area contributed by atoms with Crippen molar-refractivity contribution < 1.29 is 28.6 Å². The second-order valence-electron chi connectivity index (χ2n) is 4.21. The third-order valence-electron chi connectivity index (χ3n) is 2.61. The highest BCUT2D eigenvalue weighted by atomic mass is 16.5. The molecule has 0 aliphatic heterocycles. The van der Waals surface area contributed by atoms with Gasteiger partial charge < -0.3 is 19.5 Å². The molecule has 0 aliphatic rings. The smallest absolute Gasteiger partial charge is 0.331 e. The van der Waals surface area contributed by atoms with Crippen molar-refractivity contribution in [2.75, 3.05) is 27.9 Å². The molecule has 0 radical (unpaired) electrons. The first-order valence-corrected chi connectivity index (χ1v) is 6.58. The molecule has 1 aromatic rings. The maximum absolute atomic E-state index is 11.5. The van der Waals surface area contributed by atoms with Gasteiger partial charge in [-0.15, -0.1) is 0 Å². The molecule has 0 saturated carbocycles. The van der Waals surface area contributed by atoms with Gasteiger partial charge in [0.1, 0.15) is 11.5 Å². The molecule has 3 amide bonds. The Hall–Kier alpha value is -3.03. The van der Waals surface area contributed by atoms with Gasteiger partial charge in [-0.25, -0.2) is 9.59 Å². The number of nitrogens with one attached hydrogen (secondary N) is 2. The van der Waals surface area contributed by atoms with Gasteiger partial charge in [-0.05, 0) is 23.8 Å². The summed E-state index contributed by atoms with van der Waals surface area (Å²) in [5, 5.41) is 4.17. The second kappa shape index (κ2) is 9.08. The average Bonchev–Trinajstić information content (AvgIpc) is 2.57. The predicted octanol–water partition coefficient (Wildman–Crippen LogP) is 0.716. The molecule has 0 unspecified atom stereocenters. The molecule has 124 valence electrons. The van der Waals surface area contributed by atoms with Crippen molar-refractivity contribution in [2.24, 2.45) is 0 Å². The van der Waals surface area contributed by atoms with E-state index in [0.717, 1.165) is 6.08 Å². The fourth-order valence-electron chi connectivity index (χ4n) is 1.50. The van der Waals surface area contributed by atoms with E-state index >= 15 is 0 Å². The highest BCUT2D eigenvalue weighted by Gasteiger charge is 2.08. The van der Waals surface area contributed by atoms with Crippen molar-refractivity contribution in [3.8, 4) is 11.5 Å². The molecule has 0 aromatic heterocycles. The molecule has 0 heterocycles. The molecule has 0 bridgehead atoms. The molecule has 2 N–H and O–H groups in total. The molecule has 0 aliphatic carbocycles. The molecule has 0 fully saturated rings. The number of esters is 1. The predicted molar refractivity (Wildman–Crippen MR) is 82.1 cm³/mol. The molecule has 1 aromatic carbocycles. The SMILES string of the molecule is CNC(=O)NC(=O)COC(=O)/C=C/c1cc(OC)cc(OC)c1. The summed E-state index contributed by atoms with van der Waals surface area (Å²) in [4.78, 5) is 33.7. The van der Waals surface area contributed by atoms with Gasteiger partial charge in [0.25, 0.3) is 5.91 Å². The number of ether oxygens (including phenoxy) is 3. The van der Waals surface area contributed by atoms with Crippen LogP contribution in [0.25, 0.3) is 6.08 Å². The zero-order valence-electron chi connectivity index (χ0n) is 13.0. The van der Waals surface area contributed by atoms with Gasteiger partial charge >= 0.3 is 12.0 Å². The zero-order chi connectivity index (χ0) is 17.2. The third kappa shape index (κ3) is 6.51. The van der Waals surface area contributed by atoms with Crippen molar-refractivity contribution >= 4 is 24.0 Å². The fourth-order valence-corrected chi connectivity index (χ4v) is 1.50. The number of benzene rings is 1. The van der Waals surface area contributed by atoms with E-state index in [1.165, 1.54) is 27.3 Å². The van der Waals surface area contributed by atoms with E-state index in [1.54, 1.807) is 18.2 Å². The maximum Gasteiger partial charge on any atom is 0.331 e. The lowest BCUT2D eigenvalue weighted by molar-refractivity contribution is -0.143.